The molecule has 0 spiro atoms. The van der Waals surface area contributed by atoms with E-state index in [9.17, 15) is 13.2 Å². The van der Waals surface area contributed by atoms with Crippen LogP contribution in [-0.4, -0.2) is 24.2 Å². The predicted octanol–water partition coefficient (Wildman–Crippen LogP) is 4.22. The standard InChI is InChI=1S/C13H15BrF3N/c14-12-6-2-1-4-10(12)8-18-7-3-5-11(9-18)13(15,16)17/h1-2,4,6,11H,3,5,7-9H2. The van der Waals surface area contributed by atoms with Crippen molar-refractivity contribution in [3.8, 4) is 0 Å². The van der Waals surface area contributed by atoms with E-state index in [0.29, 0.717) is 13.0 Å². The molecule has 1 aromatic carbocycles. The molecule has 1 aromatic rings. The van der Waals surface area contributed by atoms with Crippen LogP contribution in [0.2, 0.25) is 0 Å². The molecule has 1 aliphatic heterocycles. The summed E-state index contributed by atoms with van der Waals surface area (Å²) in [5.41, 5.74) is 1.04. The van der Waals surface area contributed by atoms with Gasteiger partial charge in [-0.15, -0.1) is 0 Å². The van der Waals surface area contributed by atoms with E-state index in [-0.39, 0.29) is 13.0 Å². The number of hydrogen-bond donors (Lipinski definition) is 0. The first-order valence-corrected chi connectivity index (χ1v) is 6.78. The second-order valence-electron chi connectivity index (χ2n) is 4.71. The number of nitrogens with zero attached hydrogens (tertiary/aromatic N) is 1. The maximum atomic E-state index is 12.7. The summed E-state index contributed by atoms with van der Waals surface area (Å²) in [6.07, 6.45) is -3.18. The van der Waals surface area contributed by atoms with E-state index >= 15 is 0 Å². The molecule has 0 amide bonds. The molecule has 0 bridgehead atoms. The first-order valence-electron chi connectivity index (χ1n) is 5.99. The molecule has 5 heteroatoms. The van der Waals surface area contributed by atoms with Crippen LogP contribution in [0.1, 0.15) is 18.4 Å². The van der Waals surface area contributed by atoms with Crippen molar-refractivity contribution in [3.05, 3.63) is 34.3 Å². The van der Waals surface area contributed by atoms with Crippen LogP contribution in [-0.2, 0) is 6.54 Å². The smallest absolute Gasteiger partial charge is 0.298 e. The topological polar surface area (TPSA) is 3.24 Å². The van der Waals surface area contributed by atoms with Gasteiger partial charge in [-0.3, -0.25) is 4.90 Å². The van der Waals surface area contributed by atoms with E-state index in [4.69, 9.17) is 0 Å². The van der Waals surface area contributed by atoms with E-state index in [1.54, 1.807) is 0 Å². The van der Waals surface area contributed by atoms with Crippen molar-refractivity contribution in [2.45, 2.75) is 25.6 Å². The van der Waals surface area contributed by atoms with Crippen LogP contribution in [0, 0.1) is 5.92 Å². The number of benzene rings is 1. The largest absolute Gasteiger partial charge is 0.393 e. The monoisotopic (exact) mass is 321 g/mol. The Morgan fingerprint density at radius 3 is 2.67 bits per heavy atom. The molecular weight excluding hydrogens is 307 g/mol. The normalized spacial score (nSPS) is 22.1. The SMILES string of the molecule is FC(F)(F)C1CCCN(Cc2ccccc2Br)C1. The lowest BCUT2D eigenvalue weighted by molar-refractivity contribution is -0.187. The fourth-order valence-electron chi connectivity index (χ4n) is 2.33. The fourth-order valence-corrected chi connectivity index (χ4v) is 2.74. The van der Waals surface area contributed by atoms with Crippen molar-refractivity contribution in [3.63, 3.8) is 0 Å². The van der Waals surface area contributed by atoms with Gasteiger partial charge in [0, 0.05) is 17.6 Å². The number of hydrogen-bond acceptors (Lipinski definition) is 1. The van der Waals surface area contributed by atoms with Gasteiger partial charge >= 0.3 is 6.18 Å². The summed E-state index contributed by atoms with van der Waals surface area (Å²) < 4.78 is 39.0. The highest BCUT2D eigenvalue weighted by molar-refractivity contribution is 9.10. The third-order valence-electron chi connectivity index (χ3n) is 3.32. The Balaban J connectivity index is 2.00. The number of likely N-dealkylation sites (tertiary alicyclic amines) is 1. The Morgan fingerprint density at radius 2 is 2.00 bits per heavy atom. The Kier molecular flexibility index (Phi) is 4.33. The first-order chi connectivity index (χ1) is 8.47. The van der Waals surface area contributed by atoms with Gasteiger partial charge in [-0.05, 0) is 31.0 Å². The second kappa shape index (κ2) is 5.61. The molecule has 18 heavy (non-hydrogen) atoms. The van der Waals surface area contributed by atoms with Crippen LogP contribution in [0.5, 0.6) is 0 Å². The zero-order chi connectivity index (χ0) is 13.2. The van der Waals surface area contributed by atoms with Gasteiger partial charge in [0.15, 0.2) is 0 Å². The fraction of sp³-hybridized carbons (Fsp3) is 0.538. The van der Waals surface area contributed by atoms with Gasteiger partial charge in [-0.2, -0.15) is 13.2 Å². The molecule has 0 aromatic heterocycles. The minimum absolute atomic E-state index is 0.116. The zero-order valence-electron chi connectivity index (χ0n) is 9.88. The lowest BCUT2D eigenvalue weighted by Gasteiger charge is -2.33. The van der Waals surface area contributed by atoms with Gasteiger partial charge in [0.05, 0.1) is 5.92 Å². The Hall–Kier alpha value is -0.550. The highest BCUT2D eigenvalue weighted by Gasteiger charge is 2.41. The molecule has 1 nitrogen and oxygen atoms in total. The summed E-state index contributed by atoms with van der Waals surface area (Å²) in [4.78, 5) is 1.89. The molecule has 1 unspecified atom stereocenters. The molecule has 0 radical (unpaired) electrons. The maximum Gasteiger partial charge on any atom is 0.393 e. The van der Waals surface area contributed by atoms with Crippen molar-refractivity contribution in [1.82, 2.24) is 4.90 Å². The molecule has 2 rings (SSSR count). The molecule has 0 N–H and O–H groups in total. The lowest BCUT2D eigenvalue weighted by atomic mass is 9.97. The van der Waals surface area contributed by atoms with Gasteiger partial charge in [0.2, 0.25) is 0 Å². The van der Waals surface area contributed by atoms with E-state index in [2.05, 4.69) is 15.9 Å². The van der Waals surface area contributed by atoms with Crippen molar-refractivity contribution in [1.29, 1.82) is 0 Å². The molecule has 1 aliphatic rings. The minimum Gasteiger partial charge on any atom is -0.298 e. The van der Waals surface area contributed by atoms with E-state index < -0.39 is 12.1 Å². The van der Waals surface area contributed by atoms with Gasteiger partial charge < -0.3 is 0 Å². The number of halogens is 4. The molecule has 0 saturated carbocycles. The number of piperidine rings is 1. The third-order valence-corrected chi connectivity index (χ3v) is 4.09. The van der Waals surface area contributed by atoms with Crippen LogP contribution >= 0.6 is 15.9 Å². The number of rotatable bonds is 2. The van der Waals surface area contributed by atoms with Crippen LogP contribution < -0.4 is 0 Å². The van der Waals surface area contributed by atoms with Gasteiger partial charge in [-0.25, -0.2) is 0 Å². The molecule has 1 atom stereocenters. The predicted molar refractivity (Wildman–Crippen MR) is 68.2 cm³/mol. The molecule has 1 saturated heterocycles. The van der Waals surface area contributed by atoms with Crippen molar-refractivity contribution < 1.29 is 13.2 Å². The summed E-state index contributed by atoms with van der Waals surface area (Å²) in [6.45, 7) is 1.44. The Morgan fingerprint density at radius 1 is 1.28 bits per heavy atom. The quantitative estimate of drug-likeness (QED) is 0.788. The average Bonchev–Trinajstić information content (AvgIpc) is 2.31. The van der Waals surface area contributed by atoms with Crippen molar-refractivity contribution in [2.75, 3.05) is 13.1 Å². The molecule has 100 valence electrons. The van der Waals surface area contributed by atoms with Gasteiger partial charge in [-0.1, -0.05) is 34.1 Å². The minimum atomic E-state index is -4.06. The zero-order valence-corrected chi connectivity index (χ0v) is 11.5. The Labute approximate surface area is 113 Å². The molecule has 0 aliphatic carbocycles. The third kappa shape index (κ3) is 3.48. The van der Waals surface area contributed by atoms with Crippen LogP contribution in [0.3, 0.4) is 0 Å². The molecule has 1 fully saturated rings. The summed E-state index contributed by atoms with van der Waals surface area (Å²) in [6, 6.07) is 7.68. The summed E-state index contributed by atoms with van der Waals surface area (Å²) in [5.74, 6) is -1.17. The van der Waals surface area contributed by atoms with Gasteiger partial charge in [0.1, 0.15) is 0 Å². The summed E-state index contributed by atoms with van der Waals surface area (Å²) in [5, 5.41) is 0. The lowest BCUT2D eigenvalue weighted by Crippen LogP contribution is -2.41. The molecular formula is C13H15BrF3N. The van der Waals surface area contributed by atoms with Crippen LogP contribution in [0.15, 0.2) is 28.7 Å². The van der Waals surface area contributed by atoms with E-state index in [1.165, 1.54) is 0 Å². The van der Waals surface area contributed by atoms with Crippen molar-refractivity contribution in [2.24, 2.45) is 5.92 Å². The second-order valence-corrected chi connectivity index (χ2v) is 5.56. The maximum absolute atomic E-state index is 12.7. The van der Waals surface area contributed by atoms with Gasteiger partial charge in [0.25, 0.3) is 0 Å². The van der Waals surface area contributed by atoms with Crippen LogP contribution in [0.25, 0.3) is 0 Å². The highest BCUT2D eigenvalue weighted by atomic mass is 79.9. The summed E-state index contributed by atoms with van der Waals surface area (Å²) in [7, 11) is 0. The van der Waals surface area contributed by atoms with E-state index in [1.807, 2.05) is 29.2 Å². The molecule has 1 heterocycles. The van der Waals surface area contributed by atoms with Crippen LogP contribution in [0.4, 0.5) is 13.2 Å². The number of alkyl halides is 3. The summed E-state index contributed by atoms with van der Waals surface area (Å²) >= 11 is 3.43. The highest BCUT2D eigenvalue weighted by Crippen LogP contribution is 2.33. The van der Waals surface area contributed by atoms with E-state index in [0.717, 1.165) is 16.6 Å². The van der Waals surface area contributed by atoms with Crippen molar-refractivity contribution >= 4 is 15.9 Å². The Bertz CT molecular complexity index is 405. The first kappa shape index (κ1) is 13.9. The average molecular weight is 322 g/mol.